The van der Waals surface area contributed by atoms with E-state index in [0.29, 0.717) is 6.54 Å². The topological polar surface area (TPSA) is 128 Å². The maximum Gasteiger partial charge on any atom is 0.354 e. The van der Waals surface area contributed by atoms with Gasteiger partial charge in [-0.1, -0.05) is 36.4 Å². The number of aliphatic hydroxyl groups is 4. The Kier molecular flexibility index (Phi) is 6.28. The minimum Gasteiger partial charge on any atom is -0.437 e. The number of hydrogen-bond donors (Lipinski definition) is 5. The first-order valence-corrected chi connectivity index (χ1v) is 8.87. The molecule has 4 atom stereocenters. The molecule has 1 amide bonds. The molecule has 2 aromatic carbocycles. The summed E-state index contributed by atoms with van der Waals surface area (Å²) in [6.45, 7) is -0.265. The van der Waals surface area contributed by atoms with Crippen LogP contribution in [0.2, 0.25) is 0 Å². The fraction of sp³-hybridized carbons (Fsp3) is 0.350. The van der Waals surface area contributed by atoms with E-state index in [1.165, 1.54) is 12.1 Å². The molecule has 8 heteroatoms. The lowest BCUT2D eigenvalue weighted by molar-refractivity contribution is -0.398. The van der Waals surface area contributed by atoms with Crippen LogP contribution in [0.5, 0.6) is 5.75 Å². The number of hydrogen-bond acceptors (Lipinski definition) is 7. The van der Waals surface area contributed by atoms with Gasteiger partial charge in [-0.2, -0.15) is 0 Å². The Morgan fingerprint density at radius 1 is 1.18 bits per heavy atom. The molecule has 1 aliphatic rings. The molecule has 0 saturated carbocycles. The lowest BCUT2D eigenvalue weighted by Crippen LogP contribution is -2.62. The van der Waals surface area contributed by atoms with Gasteiger partial charge >= 0.3 is 5.97 Å². The second-order valence-electron chi connectivity index (χ2n) is 6.62. The van der Waals surface area contributed by atoms with Crippen molar-refractivity contribution in [1.29, 1.82) is 0 Å². The van der Waals surface area contributed by atoms with E-state index in [0.717, 1.165) is 5.56 Å². The van der Waals surface area contributed by atoms with Gasteiger partial charge in [0, 0.05) is 18.0 Å². The molecule has 0 aromatic heterocycles. The number of amides is 1. The first-order chi connectivity index (χ1) is 13.4. The van der Waals surface area contributed by atoms with E-state index in [2.05, 4.69) is 5.32 Å². The molecular weight excluding hydrogens is 366 g/mol. The third-order valence-corrected chi connectivity index (χ3v) is 4.58. The Balaban J connectivity index is 1.66. The first-order valence-electron chi connectivity index (χ1n) is 8.87. The Bertz CT molecular complexity index is 800. The van der Waals surface area contributed by atoms with Gasteiger partial charge in [0.1, 0.15) is 5.75 Å². The minimum absolute atomic E-state index is 0.0727. The number of benzene rings is 2. The van der Waals surface area contributed by atoms with E-state index in [-0.39, 0.29) is 23.8 Å². The molecule has 8 nitrogen and oxygen atoms in total. The van der Waals surface area contributed by atoms with Crippen molar-refractivity contribution in [3.05, 3.63) is 65.7 Å². The van der Waals surface area contributed by atoms with Crippen LogP contribution >= 0.6 is 0 Å². The van der Waals surface area contributed by atoms with Crippen LogP contribution in [0.1, 0.15) is 15.9 Å². The van der Waals surface area contributed by atoms with Crippen molar-refractivity contribution in [3.63, 3.8) is 0 Å². The van der Waals surface area contributed by atoms with Crippen molar-refractivity contribution >= 4 is 5.91 Å². The molecule has 3 rings (SSSR count). The Hall–Kier alpha value is -2.49. The van der Waals surface area contributed by atoms with E-state index in [4.69, 9.17) is 14.6 Å². The molecule has 1 aliphatic heterocycles. The summed E-state index contributed by atoms with van der Waals surface area (Å²) in [6, 6.07) is 15.4. The quantitative estimate of drug-likeness (QED) is 0.440. The molecule has 150 valence electrons. The molecule has 4 unspecified atom stereocenters. The van der Waals surface area contributed by atoms with Gasteiger partial charge in [-0.3, -0.25) is 4.79 Å². The van der Waals surface area contributed by atoms with Gasteiger partial charge in [0.15, 0.2) is 6.10 Å². The standard InChI is InChI=1S/C20H23NO7/c22-11-15-12-27-20(26,18(24)17(15)23)28-16-8-4-7-14(9-16)19(25)21-10-13-5-2-1-3-6-13/h1-9,15,17-18,22-24,26H,10-12H2,(H,21,25). The van der Waals surface area contributed by atoms with E-state index < -0.39 is 30.7 Å². The molecule has 5 N–H and O–H groups in total. The Morgan fingerprint density at radius 3 is 2.64 bits per heavy atom. The lowest BCUT2D eigenvalue weighted by atomic mass is 9.95. The van der Waals surface area contributed by atoms with E-state index in [1.54, 1.807) is 12.1 Å². The summed E-state index contributed by atoms with van der Waals surface area (Å²) >= 11 is 0. The van der Waals surface area contributed by atoms with Gasteiger partial charge in [-0.05, 0) is 23.8 Å². The molecule has 1 fully saturated rings. The van der Waals surface area contributed by atoms with Crippen molar-refractivity contribution in [1.82, 2.24) is 5.32 Å². The van der Waals surface area contributed by atoms with Gasteiger partial charge in [0.2, 0.25) is 0 Å². The first kappa shape index (κ1) is 20.2. The fourth-order valence-corrected chi connectivity index (χ4v) is 2.88. The number of carbonyl (C=O) groups is 1. The zero-order chi connectivity index (χ0) is 20.1. The predicted molar refractivity (Wildman–Crippen MR) is 98.2 cm³/mol. The summed E-state index contributed by atoms with van der Waals surface area (Å²) in [5.41, 5.74) is 1.24. The highest BCUT2D eigenvalue weighted by Crippen LogP contribution is 2.30. The third kappa shape index (κ3) is 4.49. The molecule has 0 spiro atoms. The summed E-state index contributed by atoms with van der Waals surface area (Å²) in [6.07, 6.45) is -3.23. The summed E-state index contributed by atoms with van der Waals surface area (Å²) in [7, 11) is 0. The number of ether oxygens (including phenoxy) is 2. The number of aliphatic hydroxyl groups excluding tert-OH is 3. The Labute approximate surface area is 162 Å². The van der Waals surface area contributed by atoms with Crippen molar-refractivity contribution in [2.45, 2.75) is 24.7 Å². The maximum atomic E-state index is 12.4. The molecule has 0 bridgehead atoms. The van der Waals surface area contributed by atoms with Crippen LogP contribution in [0, 0.1) is 5.92 Å². The van der Waals surface area contributed by atoms with E-state index >= 15 is 0 Å². The second kappa shape index (κ2) is 8.68. The molecular formula is C20H23NO7. The minimum atomic E-state index is -2.50. The normalized spacial score (nSPS) is 27.2. The number of carbonyl (C=O) groups excluding carboxylic acids is 1. The van der Waals surface area contributed by atoms with Crippen molar-refractivity contribution < 1.29 is 34.7 Å². The zero-order valence-corrected chi connectivity index (χ0v) is 15.1. The molecule has 1 heterocycles. The van der Waals surface area contributed by atoms with Crippen LogP contribution in [0.25, 0.3) is 0 Å². The lowest BCUT2D eigenvalue weighted by Gasteiger charge is -2.41. The highest BCUT2D eigenvalue weighted by Gasteiger charge is 2.51. The summed E-state index contributed by atoms with van der Waals surface area (Å²) in [5, 5.41) is 42.4. The summed E-state index contributed by atoms with van der Waals surface area (Å²) < 4.78 is 10.5. The highest BCUT2D eigenvalue weighted by atomic mass is 16.8. The monoisotopic (exact) mass is 389 g/mol. The largest absolute Gasteiger partial charge is 0.437 e. The predicted octanol–water partition coefficient (Wildman–Crippen LogP) is 0.00200. The van der Waals surface area contributed by atoms with E-state index in [1.807, 2.05) is 30.3 Å². The van der Waals surface area contributed by atoms with Gasteiger partial charge in [0.25, 0.3) is 5.91 Å². The SMILES string of the molecule is O=C(NCc1ccccc1)c1cccc(OC2(O)OCC(CO)C(O)C2O)c1. The molecule has 28 heavy (non-hydrogen) atoms. The number of rotatable bonds is 6. The van der Waals surface area contributed by atoms with Crippen LogP contribution < -0.4 is 10.1 Å². The average Bonchev–Trinajstić information content (AvgIpc) is 2.71. The number of nitrogens with one attached hydrogen (secondary N) is 1. The summed E-state index contributed by atoms with van der Waals surface area (Å²) in [5.74, 6) is -3.51. The zero-order valence-electron chi connectivity index (χ0n) is 15.1. The second-order valence-corrected chi connectivity index (χ2v) is 6.62. The summed E-state index contributed by atoms with van der Waals surface area (Å²) in [4.78, 5) is 12.4. The van der Waals surface area contributed by atoms with Crippen molar-refractivity contribution in [2.75, 3.05) is 13.2 Å². The van der Waals surface area contributed by atoms with Crippen LogP contribution in [-0.2, 0) is 11.3 Å². The van der Waals surface area contributed by atoms with Gasteiger partial charge in [0.05, 0.1) is 19.3 Å². The van der Waals surface area contributed by atoms with Crippen LogP contribution in [-0.4, -0.2) is 57.7 Å². The van der Waals surface area contributed by atoms with Crippen molar-refractivity contribution in [3.8, 4) is 5.75 Å². The molecule has 0 radical (unpaired) electrons. The van der Waals surface area contributed by atoms with Gasteiger partial charge in [-0.15, -0.1) is 0 Å². The van der Waals surface area contributed by atoms with Crippen LogP contribution in [0.15, 0.2) is 54.6 Å². The van der Waals surface area contributed by atoms with E-state index in [9.17, 15) is 20.1 Å². The van der Waals surface area contributed by atoms with Crippen LogP contribution in [0.3, 0.4) is 0 Å². The smallest absolute Gasteiger partial charge is 0.354 e. The highest BCUT2D eigenvalue weighted by molar-refractivity contribution is 5.94. The molecule has 1 saturated heterocycles. The average molecular weight is 389 g/mol. The third-order valence-electron chi connectivity index (χ3n) is 4.58. The Morgan fingerprint density at radius 2 is 1.93 bits per heavy atom. The van der Waals surface area contributed by atoms with Gasteiger partial charge in [-0.25, -0.2) is 0 Å². The van der Waals surface area contributed by atoms with Crippen molar-refractivity contribution in [2.24, 2.45) is 5.92 Å². The van der Waals surface area contributed by atoms with Crippen LogP contribution in [0.4, 0.5) is 0 Å². The molecule has 0 aliphatic carbocycles. The fourth-order valence-electron chi connectivity index (χ4n) is 2.88. The molecule has 2 aromatic rings. The maximum absolute atomic E-state index is 12.4. The van der Waals surface area contributed by atoms with Gasteiger partial charge < -0.3 is 35.2 Å².